The normalized spacial score (nSPS) is 19.8. The number of nitrogens with zero attached hydrogens (tertiary/aromatic N) is 4. The Bertz CT molecular complexity index is 450. The number of hydrogen-bond donors (Lipinski definition) is 0. The molecule has 1 saturated heterocycles. The van der Waals surface area contributed by atoms with Gasteiger partial charge in [0.2, 0.25) is 5.91 Å². The molecule has 1 aromatic heterocycles. The molecule has 1 unspecified atom stereocenters. The summed E-state index contributed by atoms with van der Waals surface area (Å²) in [5.41, 5.74) is 0.908. The van der Waals surface area contributed by atoms with Gasteiger partial charge in [0.1, 0.15) is 6.10 Å². The summed E-state index contributed by atoms with van der Waals surface area (Å²) >= 11 is 0. The number of aromatic nitrogens is 2. The van der Waals surface area contributed by atoms with Crippen LogP contribution in [0.2, 0.25) is 0 Å². The highest BCUT2D eigenvalue weighted by Crippen LogP contribution is 2.19. The molecule has 0 radical (unpaired) electrons. The van der Waals surface area contributed by atoms with Gasteiger partial charge in [-0.3, -0.25) is 4.79 Å². The topological polar surface area (TPSA) is 58.6 Å². The van der Waals surface area contributed by atoms with E-state index in [0.717, 1.165) is 5.69 Å². The summed E-state index contributed by atoms with van der Waals surface area (Å²) in [5, 5.41) is 0. The monoisotopic (exact) mass is 264 g/mol. The average molecular weight is 264 g/mol. The largest absolute Gasteiger partial charge is 0.367 e. The quantitative estimate of drug-likeness (QED) is 0.783. The summed E-state index contributed by atoms with van der Waals surface area (Å²) in [6.45, 7) is 4.02. The lowest BCUT2D eigenvalue weighted by atomic mass is 10.2. The molecule has 1 amide bonds. The van der Waals surface area contributed by atoms with Crippen LogP contribution >= 0.6 is 0 Å². The minimum absolute atomic E-state index is 0.117. The van der Waals surface area contributed by atoms with Gasteiger partial charge in [0.15, 0.2) is 5.82 Å². The summed E-state index contributed by atoms with van der Waals surface area (Å²) in [5.74, 6) is 0.772. The molecule has 0 saturated carbocycles. The van der Waals surface area contributed by atoms with E-state index in [4.69, 9.17) is 4.74 Å². The summed E-state index contributed by atoms with van der Waals surface area (Å²) in [6, 6.07) is 1.85. The highest BCUT2D eigenvalue weighted by molar-refractivity contribution is 5.78. The second-order valence-corrected chi connectivity index (χ2v) is 4.99. The Kier molecular flexibility index (Phi) is 4.44. The summed E-state index contributed by atoms with van der Waals surface area (Å²) in [6.07, 6.45) is 1.50. The fraction of sp³-hybridized carbons (Fsp3) is 0.615. The summed E-state index contributed by atoms with van der Waals surface area (Å²) < 4.78 is 5.67. The van der Waals surface area contributed by atoms with Gasteiger partial charge in [0.25, 0.3) is 0 Å². The third kappa shape index (κ3) is 3.71. The smallest absolute Gasteiger partial charge is 0.236 e. The Morgan fingerprint density at radius 1 is 1.58 bits per heavy atom. The minimum Gasteiger partial charge on any atom is -0.367 e. The first-order valence-electron chi connectivity index (χ1n) is 6.40. The standard InChI is InChI=1S/C13H20N4O2/c1-10-4-5-14-13(15-10)11-8-17(6-7-19-11)12(18)9-16(2)3/h4-5,11H,6-9H2,1-3H3. The Balaban J connectivity index is 2.03. The summed E-state index contributed by atoms with van der Waals surface area (Å²) in [7, 11) is 3.78. The van der Waals surface area contributed by atoms with Crippen molar-refractivity contribution in [3.63, 3.8) is 0 Å². The zero-order valence-electron chi connectivity index (χ0n) is 11.7. The molecule has 2 rings (SSSR count). The van der Waals surface area contributed by atoms with Crippen LogP contribution in [0.4, 0.5) is 0 Å². The molecular formula is C13H20N4O2. The first kappa shape index (κ1) is 13.9. The molecule has 1 fully saturated rings. The van der Waals surface area contributed by atoms with Gasteiger partial charge in [-0.15, -0.1) is 0 Å². The van der Waals surface area contributed by atoms with Gasteiger partial charge in [-0.25, -0.2) is 9.97 Å². The zero-order valence-corrected chi connectivity index (χ0v) is 11.7. The van der Waals surface area contributed by atoms with E-state index < -0.39 is 0 Å². The van der Waals surface area contributed by atoms with Crippen molar-refractivity contribution in [2.75, 3.05) is 40.3 Å². The molecule has 104 valence electrons. The molecule has 19 heavy (non-hydrogen) atoms. The molecule has 0 spiro atoms. The molecule has 0 aromatic carbocycles. The Morgan fingerprint density at radius 3 is 3.05 bits per heavy atom. The summed E-state index contributed by atoms with van der Waals surface area (Å²) in [4.78, 5) is 24.3. The lowest BCUT2D eigenvalue weighted by Crippen LogP contribution is -2.45. The van der Waals surface area contributed by atoms with Crippen LogP contribution in [0.15, 0.2) is 12.3 Å². The number of aryl methyl sites for hydroxylation is 1. The first-order chi connectivity index (χ1) is 9.06. The molecule has 2 heterocycles. The van der Waals surface area contributed by atoms with Gasteiger partial charge in [-0.2, -0.15) is 0 Å². The molecule has 6 heteroatoms. The third-order valence-electron chi connectivity index (χ3n) is 2.97. The number of likely N-dealkylation sites (N-methyl/N-ethyl adjacent to an activating group) is 1. The molecule has 0 bridgehead atoms. The van der Waals surface area contributed by atoms with Crippen LogP contribution in [0.25, 0.3) is 0 Å². The maximum Gasteiger partial charge on any atom is 0.236 e. The van der Waals surface area contributed by atoms with E-state index in [1.165, 1.54) is 0 Å². The van der Waals surface area contributed by atoms with E-state index in [-0.39, 0.29) is 12.0 Å². The number of rotatable bonds is 3. The van der Waals surface area contributed by atoms with E-state index in [1.54, 1.807) is 6.20 Å². The van der Waals surface area contributed by atoms with Crippen molar-refractivity contribution >= 4 is 5.91 Å². The fourth-order valence-corrected chi connectivity index (χ4v) is 2.03. The molecule has 1 atom stereocenters. The maximum atomic E-state index is 12.0. The highest BCUT2D eigenvalue weighted by Gasteiger charge is 2.27. The molecule has 6 nitrogen and oxygen atoms in total. The molecule has 1 aromatic rings. The average Bonchev–Trinajstić information content (AvgIpc) is 2.38. The van der Waals surface area contributed by atoms with Gasteiger partial charge >= 0.3 is 0 Å². The number of hydrogen-bond acceptors (Lipinski definition) is 5. The molecule has 0 N–H and O–H groups in total. The van der Waals surface area contributed by atoms with E-state index in [2.05, 4.69) is 9.97 Å². The second kappa shape index (κ2) is 6.08. The van der Waals surface area contributed by atoms with Gasteiger partial charge in [0, 0.05) is 18.4 Å². The van der Waals surface area contributed by atoms with E-state index in [9.17, 15) is 4.79 Å². The number of carbonyl (C=O) groups excluding carboxylic acids is 1. The highest BCUT2D eigenvalue weighted by atomic mass is 16.5. The number of ether oxygens (including phenoxy) is 1. The molecule has 0 aliphatic carbocycles. The zero-order chi connectivity index (χ0) is 13.8. The predicted molar refractivity (Wildman–Crippen MR) is 70.6 cm³/mol. The second-order valence-electron chi connectivity index (χ2n) is 4.99. The van der Waals surface area contributed by atoms with E-state index in [0.29, 0.717) is 32.1 Å². The van der Waals surface area contributed by atoms with E-state index in [1.807, 2.05) is 36.9 Å². The van der Waals surface area contributed by atoms with Crippen molar-refractivity contribution in [1.29, 1.82) is 0 Å². The van der Waals surface area contributed by atoms with Crippen LogP contribution in [0, 0.1) is 6.92 Å². The predicted octanol–water partition coefficient (Wildman–Crippen LogP) is 0.247. The Hall–Kier alpha value is -1.53. The van der Waals surface area contributed by atoms with Crippen LogP contribution in [0.5, 0.6) is 0 Å². The molecule has 1 aliphatic rings. The maximum absolute atomic E-state index is 12.0. The van der Waals surface area contributed by atoms with Crippen molar-refractivity contribution in [1.82, 2.24) is 19.8 Å². The van der Waals surface area contributed by atoms with Crippen LogP contribution in [-0.4, -0.2) is 66.0 Å². The van der Waals surface area contributed by atoms with Gasteiger partial charge < -0.3 is 14.5 Å². The number of amides is 1. The lowest BCUT2D eigenvalue weighted by molar-refractivity contribution is -0.139. The number of morpholine rings is 1. The van der Waals surface area contributed by atoms with Crippen molar-refractivity contribution in [2.24, 2.45) is 0 Å². The van der Waals surface area contributed by atoms with Crippen molar-refractivity contribution in [3.8, 4) is 0 Å². The Morgan fingerprint density at radius 2 is 2.37 bits per heavy atom. The minimum atomic E-state index is -0.222. The molecule has 1 aliphatic heterocycles. The van der Waals surface area contributed by atoms with Crippen LogP contribution < -0.4 is 0 Å². The van der Waals surface area contributed by atoms with Crippen molar-refractivity contribution in [3.05, 3.63) is 23.8 Å². The fourth-order valence-electron chi connectivity index (χ4n) is 2.03. The van der Waals surface area contributed by atoms with E-state index >= 15 is 0 Å². The van der Waals surface area contributed by atoms with Crippen molar-refractivity contribution < 1.29 is 9.53 Å². The van der Waals surface area contributed by atoms with Crippen LogP contribution in [-0.2, 0) is 9.53 Å². The first-order valence-corrected chi connectivity index (χ1v) is 6.40. The lowest BCUT2D eigenvalue weighted by Gasteiger charge is -2.32. The number of carbonyl (C=O) groups is 1. The van der Waals surface area contributed by atoms with Gasteiger partial charge in [-0.1, -0.05) is 0 Å². The van der Waals surface area contributed by atoms with Crippen LogP contribution in [0.3, 0.4) is 0 Å². The van der Waals surface area contributed by atoms with Gasteiger partial charge in [0.05, 0.1) is 19.7 Å². The third-order valence-corrected chi connectivity index (χ3v) is 2.97. The SMILES string of the molecule is Cc1ccnc(C2CN(C(=O)CN(C)C)CCO2)n1. The Labute approximate surface area is 113 Å². The molecular weight excluding hydrogens is 244 g/mol. The van der Waals surface area contributed by atoms with Crippen LogP contribution in [0.1, 0.15) is 17.6 Å². The van der Waals surface area contributed by atoms with Crippen molar-refractivity contribution in [2.45, 2.75) is 13.0 Å². The van der Waals surface area contributed by atoms with Gasteiger partial charge in [-0.05, 0) is 27.1 Å².